The first-order chi connectivity index (χ1) is 12.1. The molecule has 25 heavy (non-hydrogen) atoms. The minimum absolute atomic E-state index is 0.0356. The summed E-state index contributed by atoms with van der Waals surface area (Å²) in [6.07, 6.45) is 7.36. The standard InChI is InChI=1S/C18H23N3O2S2/c1-20-17(23)13-8-10-24-16(13)19-18(20)25-11-15(22)21-9-4-6-12-5-2-3-7-14(12)21/h8,10,12,14H,2-7,9,11H2,1H3. The van der Waals surface area contributed by atoms with Crippen molar-refractivity contribution in [2.75, 3.05) is 12.3 Å². The zero-order valence-corrected chi connectivity index (χ0v) is 16.1. The number of hydrogen-bond acceptors (Lipinski definition) is 5. The van der Waals surface area contributed by atoms with Gasteiger partial charge in [0.2, 0.25) is 5.91 Å². The van der Waals surface area contributed by atoms with Gasteiger partial charge in [-0.05, 0) is 43.0 Å². The van der Waals surface area contributed by atoms with Gasteiger partial charge in [0.05, 0.1) is 11.1 Å². The third-order valence-corrected chi connectivity index (χ3v) is 7.37. The molecule has 2 atom stereocenters. The summed E-state index contributed by atoms with van der Waals surface area (Å²) < 4.78 is 1.56. The van der Waals surface area contributed by atoms with E-state index >= 15 is 0 Å². The van der Waals surface area contributed by atoms with Crippen molar-refractivity contribution >= 4 is 39.2 Å². The SMILES string of the molecule is Cn1c(SCC(=O)N2CCCC3CCCCC32)nc2sccc2c1=O. The molecule has 2 aromatic rings. The minimum atomic E-state index is -0.0356. The van der Waals surface area contributed by atoms with Crippen LogP contribution in [0.5, 0.6) is 0 Å². The van der Waals surface area contributed by atoms with Gasteiger partial charge in [-0.15, -0.1) is 11.3 Å². The van der Waals surface area contributed by atoms with Crippen LogP contribution < -0.4 is 5.56 Å². The summed E-state index contributed by atoms with van der Waals surface area (Å²) in [6, 6.07) is 2.25. The highest BCUT2D eigenvalue weighted by Gasteiger charge is 2.35. The molecular formula is C18H23N3O2S2. The Bertz CT molecular complexity index is 842. The van der Waals surface area contributed by atoms with E-state index in [1.165, 1.54) is 48.8 Å². The molecule has 0 N–H and O–H groups in total. The van der Waals surface area contributed by atoms with E-state index in [9.17, 15) is 9.59 Å². The number of thiophene rings is 1. The molecule has 2 aromatic heterocycles. The van der Waals surface area contributed by atoms with Gasteiger partial charge in [0.1, 0.15) is 4.83 Å². The number of carbonyl (C=O) groups excluding carboxylic acids is 1. The van der Waals surface area contributed by atoms with Gasteiger partial charge < -0.3 is 4.90 Å². The molecule has 1 saturated carbocycles. The second-order valence-electron chi connectivity index (χ2n) is 7.03. The first kappa shape index (κ1) is 17.1. The number of fused-ring (bicyclic) bond motifs is 2. The number of aromatic nitrogens is 2. The molecule has 3 heterocycles. The molecule has 1 amide bonds. The molecule has 2 aliphatic rings. The molecule has 4 rings (SSSR count). The largest absolute Gasteiger partial charge is 0.339 e. The predicted molar refractivity (Wildman–Crippen MR) is 102 cm³/mol. The lowest BCUT2D eigenvalue weighted by Gasteiger charge is -2.44. The maximum absolute atomic E-state index is 12.8. The molecule has 1 aliphatic heterocycles. The monoisotopic (exact) mass is 377 g/mol. The molecule has 0 aromatic carbocycles. The van der Waals surface area contributed by atoms with Crippen molar-refractivity contribution in [3.8, 4) is 0 Å². The van der Waals surface area contributed by atoms with Crippen molar-refractivity contribution < 1.29 is 4.79 Å². The van der Waals surface area contributed by atoms with Crippen molar-refractivity contribution in [3.05, 3.63) is 21.8 Å². The molecule has 134 valence electrons. The Labute approximate surface area is 155 Å². The smallest absolute Gasteiger partial charge is 0.262 e. The third-order valence-electron chi connectivity index (χ3n) is 5.55. The van der Waals surface area contributed by atoms with Gasteiger partial charge in [0.25, 0.3) is 5.56 Å². The van der Waals surface area contributed by atoms with Gasteiger partial charge in [-0.3, -0.25) is 14.2 Å². The second kappa shape index (κ2) is 7.11. The van der Waals surface area contributed by atoms with Crippen LogP contribution in [0.15, 0.2) is 21.4 Å². The maximum Gasteiger partial charge on any atom is 0.262 e. The zero-order valence-electron chi connectivity index (χ0n) is 14.4. The van der Waals surface area contributed by atoms with Crippen LogP contribution in [-0.2, 0) is 11.8 Å². The van der Waals surface area contributed by atoms with Gasteiger partial charge in [-0.1, -0.05) is 24.6 Å². The van der Waals surface area contributed by atoms with Crippen LogP contribution in [0.1, 0.15) is 38.5 Å². The molecule has 0 radical (unpaired) electrons. The Morgan fingerprint density at radius 3 is 3.00 bits per heavy atom. The van der Waals surface area contributed by atoms with Crippen molar-refractivity contribution in [3.63, 3.8) is 0 Å². The second-order valence-corrected chi connectivity index (χ2v) is 8.86. The summed E-state index contributed by atoms with van der Waals surface area (Å²) in [6.45, 7) is 0.886. The molecule has 5 nitrogen and oxygen atoms in total. The van der Waals surface area contributed by atoms with Gasteiger partial charge >= 0.3 is 0 Å². The van der Waals surface area contributed by atoms with E-state index in [4.69, 9.17) is 0 Å². The highest BCUT2D eigenvalue weighted by molar-refractivity contribution is 7.99. The molecule has 1 aliphatic carbocycles. The van der Waals surface area contributed by atoms with Crippen molar-refractivity contribution in [1.82, 2.24) is 14.5 Å². The van der Waals surface area contributed by atoms with E-state index in [1.807, 2.05) is 11.4 Å². The Morgan fingerprint density at radius 1 is 1.32 bits per heavy atom. The molecular weight excluding hydrogens is 354 g/mol. The van der Waals surface area contributed by atoms with Crippen LogP contribution in [0.25, 0.3) is 10.2 Å². The quantitative estimate of drug-likeness (QED) is 0.608. The Kier molecular flexibility index (Phi) is 4.86. The number of likely N-dealkylation sites (tertiary alicyclic amines) is 1. The van der Waals surface area contributed by atoms with Crippen molar-refractivity contribution in [1.29, 1.82) is 0 Å². The summed E-state index contributed by atoms with van der Waals surface area (Å²) in [5, 5.41) is 3.17. The topological polar surface area (TPSA) is 55.2 Å². The lowest BCUT2D eigenvalue weighted by molar-refractivity contribution is -0.134. The fraction of sp³-hybridized carbons (Fsp3) is 0.611. The fourth-order valence-electron chi connectivity index (χ4n) is 4.25. The summed E-state index contributed by atoms with van der Waals surface area (Å²) in [5.41, 5.74) is -0.0356. The highest BCUT2D eigenvalue weighted by Crippen LogP contribution is 2.35. The average Bonchev–Trinajstić information content (AvgIpc) is 3.11. The van der Waals surface area contributed by atoms with Crippen LogP contribution in [0, 0.1) is 5.92 Å². The molecule has 0 bridgehead atoms. The van der Waals surface area contributed by atoms with Crippen LogP contribution in [-0.4, -0.2) is 38.7 Å². The number of hydrogen-bond donors (Lipinski definition) is 0. The van der Waals surface area contributed by atoms with Crippen LogP contribution >= 0.6 is 23.1 Å². The summed E-state index contributed by atoms with van der Waals surface area (Å²) >= 11 is 2.86. The average molecular weight is 378 g/mol. The summed E-state index contributed by atoms with van der Waals surface area (Å²) in [4.78, 5) is 32.6. The number of amides is 1. The first-order valence-electron chi connectivity index (χ1n) is 9.01. The number of carbonyl (C=O) groups is 1. The number of rotatable bonds is 3. The van der Waals surface area contributed by atoms with Crippen molar-refractivity contribution in [2.24, 2.45) is 13.0 Å². The van der Waals surface area contributed by atoms with E-state index in [1.54, 1.807) is 11.6 Å². The number of piperidine rings is 1. The van der Waals surface area contributed by atoms with Crippen LogP contribution in [0.2, 0.25) is 0 Å². The van der Waals surface area contributed by atoms with Crippen LogP contribution in [0.4, 0.5) is 0 Å². The fourth-order valence-corrected chi connectivity index (χ4v) is 5.92. The lowest BCUT2D eigenvalue weighted by atomic mass is 9.78. The van der Waals surface area contributed by atoms with E-state index in [0.717, 1.165) is 24.2 Å². The molecule has 7 heteroatoms. The summed E-state index contributed by atoms with van der Waals surface area (Å²) in [5.74, 6) is 1.25. The molecule has 2 fully saturated rings. The Morgan fingerprint density at radius 2 is 2.12 bits per heavy atom. The van der Waals surface area contributed by atoms with E-state index in [2.05, 4.69) is 9.88 Å². The molecule has 1 saturated heterocycles. The first-order valence-corrected chi connectivity index (χ1v) is 10.9. The Balaban J connectivity index is 1.48. The highest BCUT2D eigenvalue weighted by atomic mass is 32.2. The minimum Gasteiger partial charge on any atom is -0.339 e. The third kappa shape index (κ3) is 3.24. The zero-order chi connectivity index (χ0) is 17.4. The number of thioether (sulfide) groups is 1. The van der Waals surface area contributed by atoms with Gasteiger partial charge in [0, 0.05) is 19.6 Å². The van der Waals surface area contributed by atoms with Crippen LogP contribution in [0.3, 0.4) is 0 Å². The predicted octanol–water partition coefficient (Wildman–Crippen LogP) is 3.27. The Hall–Kier alpha value is -1.34. The maximum atomic E-state index is 12.8. The van der Waals surface area contributed by atoms with Gasteiger partial charge in [0.15, 0.2) is 5.16 Å². The number of nitrogens with zero attached hydrogens (tertiary/aromatic N) is 3. The van der Waals surface area contributed by atoms with Crippen molar-refractivity contribution in [2.45, 2.75) is 49.7 Å². The van der Waals surface area contributed by atoms with Gasteiger partial charge in [-0.2, -0.15) is 0 Å². The van der Waals surface area contributed by atoms with E-state index in [0.29, 0.717) is 28.3 Å². The van der Waals surface area contributed by atoms with E-state index in [-0.39, 0.29) is 11.5 Å². The lowest BCUT2D eigenvalue weighted by Crippen LogP contribution is -2.50. The molecule has 2 unspecified atom stereocenters. The molecule has 0 spiro atoms. The van der Waals surface area contributed by atoms with Gasteiger partial charge in [-0.25, -0.2) is 4.98 Å². The van der Waals surface area contributed by atoms with E-state index < -0.39 is 0 Å². The summed E-state index contributed by atoms with van der Waals surface area (Å²) in [7, 11) is 1.73. The normalized spacial score (nSPS) is 23.6.